The van der Waals surface area contributed by atoms with Crippen LogP contribution in [0.2, 0.25) is 0 Å². The van der Waals surface area contributed by atoms with Crippen molar-refractivity contribution >= 4 is 27.5 Å². The van der Waals surface area contributed by atoms with Crippen molar-refractivity contribution in [3.05, 3.63) is 53.3 Å². The number of likely N-dealkylation sites (N-methyl/N-ethyl adjacent to an activating group) is 1. The number of carbonyl (C=O) groups excluding carboxylic acids is 1. The number of hydrogen-bond donors (Lipinski definition) is 0. The second-order valence-corrected chi connectivity index (χ2v) is 7.45. The Kier molecular flexibility index (Phi) is 5.05. The summed E-state index contributed by atoms with van der Waals surface area (Å²) in [5, 5.41) is 0. The minimum Gasteiger partial charge on any atom is -0.453 e. The maximum absolute atomic E-state index is 13.9. The van der Waals surface area contributed by atoms with Crippen molar-refractivity contribution in [1.29, 1.82) is 0 Å². The summed E-state index contributed by atoms with van der Waals surface area (Å²) in [6, 6.07) is 9.75. The first-order chi connectivity index (χ1) is 13.2. The minimum absolute atomic E-state index is 0.0191. The van der Waals surface area contributed by atoms with Gasteiger partial charge >= 0.3 is 0 Å². The van der Waals surface area contributed by atoms with Gasteiger partial charge in [0, 0.05) is 38.4 Å². The molecular formula is C20H20FN3O2S. The Morgan fingerprint density at radius 2 is 1.96 bits per heavy atom. The Morgan fingerprint density at radius 1 is 1.19 bits per heavy atom. The largest absolute Gasteiger partial charge is 0.453 e. The lowest BCUT2D eigenvalue weighted by Gasteiger charge is -2.33. The summed E-state index contributed by atoms with van der Waals surface area (Å²) < 4.78 is 20.4. The van der Waals surface area contributed by atoms with Gasteiger partial charge in [-0.15, -0.1) is 11.3 Å². The smallest absolute Gasteiger partial charge is 0.264 e. The van der Waals surface area contributed by atoms with Crippen LogP contribution in [0.5, 0.6) is 11.5 Å². The normalized spacial score (nSPS) is 15.3. The van der Waals surface area contributed by atoms with E-state index in [4.69, 9.17) is 4.74 Å². The molecule has 0 spiro atoms. The van der Waals surface area contributed by atoms with Gasteiger partial charge in [-0.2, -0.15) is 0 Å². The lowest BCUT2D eigenvalue weighted by atomic mass is 10.3. The molecule has 1 saturated heterocycles. The van der Waals surface area contributed by atoms with Crippen LogP contribution in [0.1, 0.15) is 16.6 Å². The van der Waals surface area contributed by atoms with Gasteiger partial charge < -0.3 is 14.5 Å². The lowest BCUT2D eigenvalue weighted by molar-refractivity contribution is 0.0648. The third-order valence-electron chi connectivity index (χ3n) is 4.75. The van der Waals surface area contributed by atoms with Gasteiger partial charge in [-0.05, 0) is 24.7 Å². The van der Waals surface area contributed by atoms with Gasteiger partial charge in [-0.1, -0.05) is 19.1 Å². The van der Waals surface area contributed by atoms with E-state index in [-0.39, 0.29) is 11.7 Å². The molecule has 0 aliphatic carbocycles. The highest BCUT2D eigenvalue weighted by molar-refractivity contribution is 7.21. The first kappa shape index (κ1) is 17.9. The Balaban J connectivity index is 1.59. The molecule has 140 valence electrons. The van der Waals surface area contributed by atoms with Crippen molar-refractivity contribution < 1.29 is 13.9 Å². The van der Waals surface area contributed by atoms with Gasteiger partial charge in [0.2, 0.25) is 0 Å². The summed E-state index contributed by atoms with van der Waals surface area (Å²) in [6.07, 6.45) is 1.61. The maximum Gasteiger partial charge on any atom is 0.264 e. The average Bonchev–Trinajstić information content (AvgIpc) is 3.14. The molecule has 1 aromatic carbocycles. The number of pyridine rings is 1. The number of aromatic nitrogens is 1. The molecule has 1 aliphatic rings. The summed E-state index contributed by atoms with van der Waals surface area (Å²) in [5.41, 5.74) is 0.685. The van der Waals surface area contributed by atoms with Gasteiger partial charge in [-0.25, -0.2) is 4.39 Å². The van der Waals surface area contributed by atoms with Crippen molar-refractivity contribution in [3.63, 3.8) is 0 Å². The zero-order chi connectivity index (χ0) is 18.8. The standard InChI is InChI=1S/C20H20FN3O2S/c1-2-23-9-11-24(12-10-23)20(25)18-13-15-19(27-18)17(7-8-22-15)26-16-6-4-3-5-14(16)21/h3-8,13H,2,9-12H2,1H3. The molecule has 0 N–H and O–H groups in total. The molecule has 2 aromatic heterocycles. The molecule has 0 bridgehead atoms. The van der Waals surface area contributed by atoms with E-state index in [0.29, 0.717) is 16.1 Å². The van der Waals surface area contributed by atoms with Crippen LogP contribution < -0.4 is 4.74 Å². The van der Waals surface area contributed by atoms with E-state index in [1.807, 2.05) is 4.90 Å². The van der Waals surface area contributed by atoms with E-state index in [2.05, 4.69) is 16.8 Å². The number of ether oxygens (including phenoxy) is 1. The fourth-order valence-corrected chi connectivity index (χ4v) is 4.20. The molecule has 0 saturated carbocycles. The fourth-order valence-electron chi connectivity index (χ4n) is 3.17. The Bertz CT molecular complexity index is 967. The number of benzene rings is 1. The van der Waals surface area contributed by atoms with E-state index >= 15 is 0 Å². The number of piperazine rings is 1. The van der Waals surface area contributed by atoms with Crippen molar-refractivity contribution in [2.24, 2.45) is 0 Å². The van der Waals surface area contributed by atoms with E-state index in [9.17, 15) is 9.18 Å². The molecule has 5 nitrogen and oxygen atoms in total. The van der Waals surface area contributed by atoms with Crippen molar-refractivity contribution in [2.45, 2.75) is 6.92 Å². The second-order valence-electron chi connectivity index (χ2n) is 6.39. The number of fused-ring (bicyclic) bond motifs is 1. The Morgan fingerprint density at radius 3 is 2.70 bits per heavy atom. The highest BCUT2D eigenvalue weighted by atomic mass is 32.1. The third kappa shape index (κ3) is 3.65. The lowest BCUT2D eigenvalue weighted by Crippen LogP contribution is -2.48. The van der Waals surface area contributed by atoms with Crippen LogP contribution in [-0.4, -0.2) is 53.4 Å². The molecule has 0 radical (unpaired) electrons. The zero-order valence-electron chi connectivity index (χ0n) is 15.0. The number of hydrogen-bond acceptors (Lipinski definition) is 5. The number of thiophene rings is 1. The monoisotopic (exact) mass is 385 g/mol. The van der Waals surface area contributed by atoms with Crippen molar-refractivity contribution in [2.75, 3.05) is 32.7 Å². The summed E-state index contributed by atoms with van der Waals surface area (Å²) in [5.74, 6) is 0.252. The molecule has 0 atom stereocenters. The number of para-hydroxylation sites is 1. The molecule has 4 rings (SSSR count). The quantitative estimate of drug-likeness (QED) is 0.681. The zero-order valence-corrected chi connectivity index (χ0v) is 15.8. The first-order valence-electron chi connectivity index (χ1n) is 8.98. The first-order valence-corrected chi connectivity index (χ1v) is 9.80. The van der Waals surface area contributed by atoms with Gasteiger partial charge in [0.15, 0.2) is 11.6 Å². The van der Waals surface area contributed by atoms with E-state index < -0.39 is 5.82 Å². The van der Waals surface area contributed by atoms with Crippen LogP contribution in [0.15, 0.2) is 42.6 Å². The molecule has 1 aliphatic heterocycles. The molecule has 27 heavy (non-hydrogen) atoms. The highest BCUT2D eigenvalue weighted by Crippen LogP contribution is 2.36. The summed E-state index contributed by atoms with van der Waals surface area (Å²) in [7, 11) is 0. The molecule has 1 fully saturated rings. The third-order valence-corrected chi connectivity index (χ3v) is 5.88. The van der Waals surface area contributed by atoms with Crippen LogP contribution in [0.4, 0.5) is 4.39 Å². The molecule has 1 amide bonds. The van der Waals surface area contributed by atoms with E-state index in [0.717, 1.165) is 37.4 Å². The number of rotatable bonds is 4. The fraction of sp³-hybridized carbons (Fsp3) is 0.300. The van der Waals surface area contributed by atoms with Crippen LogP contribution in [0.25, 0.3) is 10.2 Å². The van der Waals surface area contributed by atoms with Crippen LogP contribution in [-0.2, 0) is 0 Å². The minimum atomic E-state index is -0.427. The van der Waals surface area contributed by atoms with Crippen LogP contribution in [0, 0.1) is 5.82 Å². The Labute approximate surface area is 161 Å². The van der Waals surface area contributed by atoms with E-state index in [1.54, 1.807) is 36.5 Å². The SMILES string of the molecule is CCN1CCN(C(=O)c2cc3nccc(Oc4ccccc4F)c3s2)CC1. The number of carbonyl (C=O) groups is 1. The van der Waals surface area contributed by atoms with Crippen molar-refractivity contribution in [3.8, 4) is 11.5 Å². The number of nitrogens with zero attached hydrogens (tertiary/aromatic N) is 3. The molecule has 7 heteroatoms. The van der Waals surface area contributed by atoms with E-state index in [1.165, 1.54) is 17.4 Å². The summed E-state index contributed by atoms with van der Waals surface area (Å²) in [4.78, 5) is 22.1. The summed E-state index contributed by atoms with van der Waals surface area (Å²) in [6.45, 7) is 6.39. The maximum atomic E-state index is 13.9. The number of halogens is 1. The van der Waals surface area contributed by atoms with Gasteiger partial charge in [0.05, 0.1) is 15.1 Å². The molecular weight excluding hydrogens is 365 g/mol. The predicted octanol–water partition coefficient (Wildman–Crippen LogP) is 4.01. The molecule has 3 aromatic rings. The van der Waals surface area contributed by atoms with Gasteiger partial charge in [0.1, 0.15) is 5.75 Å². The van der Waals surface area contributed by atoms with Gasteiger partial charge in [0.25, 0.3) is 5.91 Å². The van der Waals surface area contributed by atoms with Crippen molar-refractivity contribution in [1.82, 2.24) is 14.8 Å². The second kappa shape index (κ2) is 7.62. The average molecular weight is 385 g/mol. The van der Waals surface area contributed by atoms with Crippen LogP contribution >= 0.6 is 11.3 Å². The highest BCUT2D eigenvalue weighted by Gasteiger charge is 2.23. The molecule has 3 heterocycles. The Hall–Kier alpha value is -2.51. The predicted molar refractivity (Wildman–Crippen MR) is 104 cm³/mol. The van der Waals surface area contributed by atoms with Gasteiger partial charge in [-0.3, -0.25) is 9.78 Å². The molecule has 0 unspecified atom stereocenters. The summed E-state index contributed by atoms with van der Waals surface area (Å²) >= 11 is 1.34. The topological polar surface area (TPSA) is 45.7 Å². The van der Waals surface area contributed by atoms with Crippen LogP contribution in [0.3, 0.4) is 0 Å². The number of amides is 1.